The molecule has 0 unspecified atom stereocenters. The van der Waals surface area contributed by atoms with E-state index in [-0.39, 0.29) is 11.3 Å². The lowest BCUT2D eigenvalue weighted by atomic mass is 10.0. The molecule has 4 rings (SSSR count). The van der Waals surface area contributed by atoms with Gasteiger partial charge in [-0.15, -0.1) is 11.3 Å². The van der Waals surface area contributed by atoms with E-state index in [1.807, 2.05) is 29.6 Å². The van der Waals surface area contributed by atoms with Gasteiger partial charge >= 0.3 is 0 Å². The Balaban J connectivity index is 1.65. The number of hydrogen-bond donors (Lipinski definition) is 2. The standard InChI is InChI=1S/C17H17N5OS/c18-13(23)9-17(5-6-17)10-20-14-11-4-8-24-16(11)22-15(21-14)12-3-1-2-7-19-12/h1-4,7-8H,5-6,9-10H2,(H2,18,23)(H,20,21,22). The van der Waals surface area contributed by atoms with Crippen LogP contribution in [0.3, 0.4) is 0 Å². The molecule has 0 bridgehead atoms. The van der Waals surface area contributed by atoms with Crippen molar-refractivity contribution in [3.63, 3.8) is 0 Å². The van der Waals surface area contributed by atoms with Crippen LogP contribution in [0.15, 0.2) is 35.8 Å². The molecule has 122 valence electrons. The van der Waals surface area contributed by atoms with Gasteiger partial charge in [0.15, 0.2) is 5.82 Å². The highest BCUT2D eigenvalue weighted by Gasteiger charge is 2.43. The Morgan fingerprint density at radius 1 is 1.29 bits per heavy atom. The summed E-state index contributed by atoms with van der Waals surface area (Å²) in [6, 6.07) is 7.70. The summed E-state index contributed by atoms with van der Waals surface area (Å²) in [7, 11) is 0. The fourth-order valence-electron chi connectivity index (χ4n) is 2.83. The van der Waals surface area contributed by atoms with Gasteiger partial charge in [0.05, 0.1) is 5.39 Å². The molecule has 1 fully saturated rings. The molecule has 0 atom stereocenters. The minimum atomic E-state index is -0.244. The number of primary amides is 1. The third-order valence-corrected chi connectivity index (χ3v) is 5.16. The summed E-state index contributed by atoms with van der Waals surface area (Å²) in [4.78, 5) is 25.8. The van der Waals surface area contributed by atoms with Crippen LogP contribution in [0.2, 0.25) is 0 Å². The molecule has 0 radical (unpaired) electrons. The number of thiophene rings is 1. The third-order valence-electron chi connectivity index (χ3n) is 4.36. The zero-order chi connectivity index (χ0) is 16.6. The molecule has 24 heavy (non-hydrogen) atoms. The molecule has 0 aromatic carbocycles. The second kappa shape index (κ2) is 5.83. The van der Waals surface area contributed by atoms with Gasteiger partial charge in [0.25, 0.3) is 0 Å². The van der Waals surface area contributed by atoms with Crippen LogP contribution < -0.4 is 11.1 Å². The number of nitrogens with zero attached hydrogens (tertiary/aromatic N) is 3. The van der Waals surface area contributed by atoms with Crippen molar-refractivity contribution < 1.29 is 4.79 Å². The van der Waals surface area contributed by atoms with Crippen molar-refractivity contribution in [1.29, 1.82) is 0 Å². The van der Waals surface area contributed by atoms with Crippen LogP contribution in [0.1, 0.15) is 19.3 Å². The van der Waals surface area contributed by atoms with Crippen molar-refractivity contribution >= 4 is 33.3 Å². The van der Waals surface area contributed by atoms with Gasteiger partial charge in [0.2, 0.25) is 5.91 Å². The van der Waals surface area contributed by atoms with Gasteiger partial charge in [-0.3, -0.25) is 9.78 Å². The lowest BCUT2D eigenvalue weighted by Crippen LogP contribution is -2.23. The molecular formula is C17H17N5OS. The number of nitrogens with one attached hydrogen (secondary N) is 1. The lowest BCUT2D eigenvalue weighted by Gasteiger charge is -2.15. The van der Waals surface area contributed by atoms with E-state index in [9.17, 15) is 4.79 Å². The number of hydrogen-bond acceptors (Lipinski definition) is 6. The van der Waals surface area contributed by atoms with Crippen molar-refractivity contribution in [3.05, 3.63) is 35.8 Å². The third kappa shape index (κ3) is 2.94. The lowest BCUT2D eigenvalue weighted by molar-refractivity contribution is -0.119. The Morgan fingerprint density at radius 2 is 2.17 bits per heavy atom. The van der Waals surface area contributed by atoms with E-state index in [0.29, 0.717) is 18.8 Å². The highest BCUT2D eigenvalue weighted by molar-refractivity contribution is 7.16. The van der Waals surface area contributed by atoms with E-state index in [2.05, 4.69) is 20.3 Å². The number of anilines is 1. The predicted octanol–water partition coefficient (Wildman–Crippen LogP) is 2.82. The molecule has 0 spiro atoms. The van der Waals surface area contributed by atoms with E-state index in [4.69, 9.17) is 5.73 Å². The molecule has 7 heteroatoms. The first-order chi connectivity index (χ1) is 11.7. The first-order valence-corrected chi connectivity index (χ1v) is 8.72. The van der Waals surface area contributed by atoms with E-state index in [1.54, 1.807) is 17.5 Å². The summed E-state index contributed by atoms with van der Waals surface area (Å²) < 4.78 is 0. The molecule has 6 nitrogen and oxygen atoms in total. The van der Waals surface area contributed by atoms with Crippen molar-refractivity contribution in [1.82, 2.24) is 15.0 Å². The zero-order valence-electron chi connectivity index (χ0n) is 13.0. The molecule has 0 saturated heterocycles. The first kappa shape index (κ1) is 15.0. The molecule has 3 aromatic rings. The molecule has 3 heterocycles. The minimum Gasteiger partial charge on any atom is -0.370 e. The number of carbonyl (C=O) groups is 1. The van der Waals surface area contributed by atoms with Gasteiger partial charge in [0, 0.05) is 19.2 Å². The highest BCUT2D eigenvalue weighted by Crippen LogP contribution is 2.48. The van der Waals surface area contributed by atoms with Gasteiger partial charge in [-0.2, -0.15) is 0 Å². The molecule has 1 amide bonds. The molecule has 1 saturated carbocycles. The van der Waals surface area contributed by atoms with Crippen LogP contribution in [0.25, 0.3) is 21.7 Å². The maximum absolute atomic E-state index is 11.2. The zero-order valence-corrected chi connectivity index (χ0v) is 13.8. The maximum Gasteiger partial charge on any atom is 0.218 e. The van der Waals surface area contributed by atoms with Gasteiger partial charge in [-0.1, -0.05) is 6.07 Å². The Bertz CT molecular complexity index is 888. The summed E-state index contributed by atoms with van der Waals surface area (Å²) in [6.45, 7) is 0.694. The fraction of sp³-hybridized carbons (Fsp3) is 0.294. The number of carbonyl (C=O) groups excluding carboxylic acids is 1. The number of aromatic nitrogens is 3. The van der Waals surface area contributed by atoms with E-state index in [0.717, 1.165) is 34.6 Å². The summed E-state index contributed by atoms with van der Waals surface area (Å²) in [5.74, 6) is 1.15. The summed E-state index contributed by atoms with van der Waals surface area (Å²) in [5, 5.41) is 6.41. The average Bonchev–Trinajstić information content (AvgIpc) is 3.16. The fourth-order valence-corrected chi connectivity index (χ4v) is 3.60. The molecule has 3 N–H and O–H groups in total. The summed E-state index contributed by atoms with van der Waals surface area (Å²) in [5.41, 5.74) is 6.10. The van der Waals surface area contributed by atoms with E-state index >= 15 is 0 Å². The normalized spacial score (nSPS) is 15.3. The van der Waals surface area contributed by atoms with Crippen LogP contribution in [0, 0.1) is 5.41 Å². The molecule has 3 aromatic heterocycles. The largest absolute Gasteiger partial charge is 0.370 e. The second-order valence-electron chi connectivity index (χ2n) is 6.25. The van der Waals surface area contributed by atoms with Crippen LogP contribution >= 0.6 is 11.3 Å². The first-order valence-electron chi connectivity index (χ1n) is 7.84. The van der Waals surface area contributed by atoms with Crippen LogP contribution in [-0.2, 0) is 4.79 Å². The Labute approximate surface area is 143 Å². The number of rotatable bonds is 6. The molecule has 0 aliphatic heterocycles. The predicted molar refractivity (Wildman–Crippen MR) is 94.6 cm³/mol. The quantitative estimate of drug-likeness (QED) is 0.720. The highest BCUT2D eigenvalue weighted by atomic mass is 32.1. The topological polar surface area (TPSA) is 93.8 Å². The second-order valence-corrected chi connectivity index (χ2v) is 7.14. The number of pyridine rings is 1. The van der Waals surface area contributed by atoms with Crippen LogP contribution in [-0.4, -0.2) is 27.4 Å². The Kier molecular flexibility index (Phi) is 3.65. The Hall–Kier alpha value is -2.54. The molecular weight excluding hydrogens is 322 g/mol. The van der Waals surface area contributed by atoms with Crippen molar-refractivity contribution in [3.8, 4) is 11.5 Å². The summed E-state index contributed by atoms with van der Waals surface area (Å²) >= 11 is 1.58. The molecule has 1 aliphatic carbocycles. The minimum absolute atomic E-state index is 0.00963. The summed E-state index contributed by atoms with van der Waals surface area (Å²) in [6.07, 6.45) is 4.20. The van der Waals surface area contributed by atoms with E-state index < -0.39 is 0 Å². The van der Waals surface area contributed by atoms with Crippen LogP contribution in [0.5, 0.6) is 0 Å². The van der Waals surface area contributed by atoms with Crippen molar-refractivity contribution in [2.24, 2.45) is 11.1 Å². The average molecular weight is 339 g/mol. The molecule has 1 aliphatic rings. The van der Waals surface area contributed by atoms with E-state index in [1.165, 1.54) is 0 Å². The van der Waals surface area contributed by atoms with Crippen molar-refractivity contribution in [2.75, 3.05) is 11.9 Å². The van der Waals surface area contributed by atoms with Gasteiger partial charge in [0.1, 0.15) is 16.3 Å². The maximum atomic E-state index is 11.2. The van der Waals surface area contributed by atoms with Gasteiger partial charge in [-0.25, -0.2) is 9.97 Å². The monoisotopic (exact) mass is 339 g/mol. The Morgan fingerprint density at radius 3 is 2.88 bits per heavy atom. The van der Waals surface area contributed by atoms with Gasteiger partial charge < -0.3 is 11.1 Å². The number of nitrogens with two attached hydrogens (primary N) is 1. The smallest absolute Gasteiger partial charge is 0.218 e. The number of amides is 1. The SMILES string of the molecule is NC(=O)CC1(CNc2nc(-c3ccccn3)nc3sccc23)CC1. The van der Waals surface area contributed by atoms with Crippen molar-refractivity contribution in [2.45, 2.75) is 19.3 Å². The van der Waals surface area contributed by atoms with Crippen LogP contribution in [0.4, 0.5) is 5.82 Å². The van der Waals surface area contributed by atoms with Gasteiger partial charge in [-0.05, 0) is 41.8 Å². The number of fused-ring (bicyclic) bond motifs is 1.